The molecule has 3 aliphatic heterocycles. The molecular formula is C33H36N2O12. The second-order valence-corrected chi connectivity index (χ2v) is 12.6. The van der Waals surface area contributed by atoms with Crippen molar-refractivity contribution in [1.29, 1.82) is 0 Å². The van der Waals surface area contributed by atoms with Crippen molar-refractivity contribution < 1.29 is 58.2 Å². The second kappa shape index (κ2) is 11.6. The quantitative estimate of drug-likeness (QED) is 0.217. The fourth-order valence-corrected chi connectivity index (χ4v) is 7.82. The Morgan fingerprint density at radius 1 is 1.15 bits per heavy atom. The van der Waals surface area contributed by atoms with Gasteiger partial charge in [0.05, 0.1) is 42.6 Å². The van der Waals surface area contributed by atoms with Gasteiger partial charge in [0, 0.05) is 55.1 Å². The predicted molar refractivity (Wildman–Crippen MR) is 159 cm³/mol. The van der Waals surface area contributed by atoms with Gasteiger partial charge in [0.1, 0.15) is 35.2 Å². The highest BCUT2D eigenvalue weighted by Gasteiger charge is 2.55. The van der Waals surface area contributed by atoms with Crippen molar-refractivity contribution >= 4 is 23.8 Å². The van der Waals surface area contributed by atoms with Crippen molar-refractivity contribution in [2.24, 2.45) is 0 Å². The number of aliphatic hydroxyl groups is 1. The van der Waals surface area contributed by atoms with Crippen molar-refractivity contribution in [1.82, 2.24) is 10.2 Å². The first-order valence-corrected chi connectivity index (χ1v) is 15.7. The third-order valence-electron chi connectivity index (χ3n) is 9.92. The molecule has 8 atom stereocenters. The number of hydrogen-bond acceptors (Lipinski definition) is 13. The van der Waals surface area contributed by atoms with Crippen LogP contribution in [0.15, 0.2) is 18.2 Å². The van der Waals surface area contributed by atoms with E-state index in [1.165, 1.54) is 25.3 Å². The van der Waals surface area contributed by atoms with Crippen LogP contribution in [0.5, 0.6) is 17.2 Å². The largest absolute Gasteiger partial charge is 0.507 e. The molecule has 2 aromatic carbocycles. The number of amides is 1. The lowest BCUT2D eigenvalue weighted by atomic mass is 9.72. The molecule has 4 N–H and O–H groups in total. The number of rotatable bonds is 6. The first-order chi connectivity index (χ1) is 22.5. The van der Waals surface area contributed by atoms with Gasteiger partial charge in [-0.3, -0.25) is 19.3 Å². The molecule has 5 aliphatic rings. The standard InChI is InChI=1S/C33H36N2O12/c1-4-34-32(41)33(42)11-16-23(29(40)25-24(27(16)38)26(37)15-6-5-7-18(43-3)22(15)28(25)39)19(12-33)46-21-10-17-30(14(2)45-21)47-31-20(13-36)44-9-8-35(17)31/h5-7,13-14,17,19-21,30-31,38,40,42H,4,8-12H2,1-3H3,(H,34,41)/t14-,17?,19-,20+,21-,30+,31+,33-/m0/s1. The molecule has 0 aromatic heterocycles. The highest BCUT2D eigenvalue weighted by atomic mass is 16.7. The molecule has 0 saturated carbocycles. The molecule has 0 spiro atoms. The molecule has 3 heterocycles. The maximum Gasteiger partial charge on any atom is 0.252 e. The number of carbonyl (C=O) groups is 4. The van der Waals surface area contributed by atoms with Gasteiger partial charge in [-0.05, 0) is 19.9 Å². The van der Waals surface area contributed by atoms with E-state index < -0.39 is 89.1 Å². The number of methoxy groups -OCH3 is 1. The van der Waals surface area contributed by atoms with E-state index in [9.17, 15) is 34.5 Å². The highest BCUT2D eigenvalue weighted by molar-refractivity contribution is 6.31. The SMILES string of the molecule is CCNC(=O)[C@]1(O)Cc2c(O)c3c(c(O)c2[C@@H](O[C@H]2CC4[C@H](O[C@@H]5[C@@H](C=O)OCCN45)[C@H](C)O2)C1)C(=O)c1c(OC)cccc1C3=O. The topological polar surface area (TPSA) is 190 Å². The fraction of sp³-hybridized carbons (Fsp3) is 0.515. The van der Waals surface area contributed by atoms with Gasteiger partial charge in [-0.25, -0.2) is 0 Å². The average Bonchev–Trinajstić information content (AvgIpc) is 3.44. The van der Waals surface area contributed by atoms with E-state index in [1.54, 1.807) is 13.8 Å². The van der Waals surface area contributed by atoms with Crippen LogP contribution in [-0.2, 0) is 35.0 Å². The Balaban J connectivity index is 1.30. The van der Waals surface area contributed by atoms with Gasteiger partial charge in [-0.1, -0.05) is 12.1 Å². The van der Waals surface area contributed by atoms with Crippen LogP contribution in [0.2, 0.25) is 0 Å². The van der Waals surface area contributed by atoms with E-state index in [0.29, 0.717) is 19.4 Å². The summed E-state index contributed by atoms with van der Waals surface area (Å²) in [6.45, 7) is 4.55. The van der Waals surface area contributed by atoms with Gasteiger partial charge in [0.15, 0.2) is 24.5 Å². The molecule has 14 heteroatoms. The van der Waals surface area contributed by atoms with E-state index >= 15 is 0 Å². The lowest BCUT2D eigenvalue weighted by molar-refractivity contribution is -0.247. The number of phenols is 2. The second-order valence-electron chi connectivity index (χ2n) is 12.6. The van der Waals surface area contributed by atoms with E-state index in [0.717, 1.165) is 0 Å². The lowest BCUT2D eigenvalue weighted by Gasteiger charge is -2.43. The molecule has 47 heavy (non-hydrogen) atoms. The fourth-order valence-electron chi connectivity index (χ4n) is 7.82. The Kier molecular flexibility index (Phi) is 7.85. The zero-order chi connectivity index (χ0) is 33.4. The molecule has 1 amide bonds. The molecule has 3 saturated heterocycles. The van der Waals surface area contributed by atoms with Crippen molar-refractivity contribution in [2.75, 3.05) is 26.8 Å². The number of benzene rings is 2. The van der Waals surface area contributed by atoms with Gasteiger partial charge < -0.3 is 49.1 Å². The van der Waals surface area contributed by atoms with Crippen LogP contribution in [0, 0.1) is 0 Å². The number of likely N-dealkylation sites (N-methyl/N-ethyl adjacent to an activating group) is 1. The van der Waals surface area contributed by atoms with E-state index in [2.05, 4.69) is 5.32 Å². The van der Waals surface area contributed by atoms with Crippen molar-refractivity contribution in [3.05, 3.63) is 51.6 Å². The molecule has 2 aliphatic carbocycles. The van der Waals surface area contributed by atoms with Crippen molar-refractivity contribution in [2.45, 2.75) is 81.7 Å². The van der Waals surface area contributed by atoms with E-state index in [1.807, 2.05) is 4.90 Å². The highest BCUT2D eigenvalue weighted by Crippen LogP contribution is 2.53. The van der Waals surface area contributed by atoms with Crippen molar-refractivity contribution in [3.8, 4) is 17.2 Å². The number of nitrogens with one attached hydrogen (secondary N) is 1. The summed E-state index contributed by atoms with van der Waals surface area (Å²) in [5.74, 6) is -3.29. The smallest absolute Gasteiger partial charge is 0.252 e. The summed E-state index contributed by atoms with van der Waals surface area (Å²) in [6.07, 6.45) is -4.29. The molecule has 0 bridgehead atoms. The minimum Gasteiger partial charge on any atom is -0.507 e. The average molecular weight is 653 g/mol. The normalized spacial score (nSPS) is 32.8. The van der Waals surface area contributed by atoms with Crippen LogP contribution in [0.1, 0.15) is 75.8 Å². The zero-order valence-electron chi connectivity index (χ0n) is 26.1. The van der Waals surface area contributed by atoms with E-state index in [4.69, 9.17) is 23.7 Å². The summed E-state index contributed by atoms with van der Waals surface area (Å²) in [4.78, 5) is 54.6. The van der Waals surface area contributed by atoms with Crippen LogP contribution in [0.25, 0.3) is 0 Å². The summed E-state index contributed by atoms with van der Waals surface area (Å²) in [5.41, 5.74) is -3.15. The van der Waals surface area contributed by atoms with Crippen molar-refractivity contribution in [3.63, 3.8) is 0 Å². The number of morpholine rings is 1. The van der Waals surface area contributed by atoms with Crippen LogP contribution >= 0.6 is 0 Å². The van der Waals surface area contributed by atoms with Crippen LogP contribution < -0.4 is 10.1 Å². The monoisotopic (exact) mass is 652 g/mol. The minimum absolute atomic E-state index is 0.0183. The maximum atomic E-state index is 13.9. The molecule has 14 nitrogen and oxygen atoms in total. The Morgan fingerprint density at radius 2 is 1.91 bits per heavy atom. The number of carbonyl (C=O) groups excluding carboxylic acids is 4. The number of phenolic OH excluding ortho intramolecular Hbond substituents is 2. The van der Waals surface area contributed by atoms with Crippen LogP contribution in [-0.4, -0.2) is 113 Å². The third-order valence-corrected chi connectivity index (χ3v) is 9.92. The number of aldehydes is 1. The summed E-state index contributed by atoms with van der Waals surface area (Å²) < 4.78 is 29.8. The number of aromatic hydroxyl groups is 2. The predicted octanol–water partition coefficient (Wildman–Crippen LogP) is 0.881. The summed E-state index contributed by atoms with van der Waals surface area (Å²) in [5, 5.41) is 37.8. The molecule has 7 rings (SSSR count). The Hall–Kier alpha value is -3.92. The van der Waals surface area contributed by atoms with Gasteiger partial charge in [-0.15, -0.1) is 0 Å². The summed E-state index contributed by atoms with van der Waals surface area (Å²) in [6, 6.07) is 4.25. The summed E-state index contributed by atoms with van der Waals surface area (Å²) >= 11 is 0. The third kappa shape index (κ3) is 4.77. The Morgan fingerprint density at radius 3 is 2.64 bits per heavy atom. The van der Waals surface area contributed by atoms with Gasteiger partial charge in [0.25, 0.3) is 5.91 Å². The summed E-state index contributed by atoms with van der Waals surface area (Å²) in [7, 11) is 1.35. The molecule has 250 valence electrons. The maximum absolute atomic E-state index is 13.9. The zero-order valence-corrected chi connectivity index (χ0v) is 26.1. The van der Waals surface area contributed by atoms with Gasteiger partial charge in [-0.2, -0.15) is 0 Å². The van der Waals surface area contributed by atoms with Crippen LogP contribution in [0.4, 0.5) is 0 Å². The molecule has 0 radical (unpaired) electrons. The lowest BCUT2D eigenvalue weighted by Crippen LogP contribution is -2.55. The van der Waals surface area contributed by atoms with E-state index in [-0.39, 0.29) is 53.4 Å². The number of fused-ring (bicyclic) bond motifs is 6. The first kappa shape index (κ1) is 31.7. The van der Waals surface area contributed by atoms with Gasteiger partial charge >= 0.3 is 0 Å². The molecule has 3 fully saturated rings. The van der Waals surface area contributed by atoms with Crippen LogP contribution in [0.3, 0.4) is 0 Å². The van der Waals surface area contributed by atoms with Gasteiger partial charge in [0.2, 0.25) is 5.78 Å². The molecular weight excluding hydrogens is 616 g/mol. The molecule has 1 unspecified atom stereocenters. The number of ether oxygens (including phenoxy) is 5. The number of hydrogen-bond donors (Lipinski definition) is 4. The first-order valence-electron chi connectivity index (χ1n) is 15.7. The Labute approximate surface area is 269 Å². The Bertz CT molecular complexity index is 1680. The number of nitrogens with zero attached hydrogens (tertiary/aromatic N) is 1. The number of ketones is 2. The minimum atomic E-state index is -2.11. The molecule has 2 aromatic rings.